The summed E-state index contributed by atoms with van der Waals surface area (Å²) in [7, 11) is 0. The lowest BCUT2D eigenvalue weighted by molar-refractivity contribution is -0.122. The topological polar surface area (TPSA) is 63.1 Å². The maximum atomic E-state index is 11.8. The molecule has 0 aromatic carbocycles. The van der Waals surface area contributed by atoms with Gasteiger partial charge in [-0.2, -0.15) is 0 Å². The molecule has 0 unspecified atom stereocenters. The third kappa shape index (κ3) is 3.30. The second-order valence-corrected chi connectivity index (χ2v) is 7.44. The lowest BCUT2D eigenvalue weighted by atomic mass is 10.3. The van der Waals surface area contributed by atoms with Gasteiger partial charge in [-0.1, -0.05) is 0 Å². The second-order valence-electron chi connectivity index (χ2n) is 6.38. The number of thiazole rings is 1. The zero-order valence-corrected chi connectivity index (χ0v) is 14.1. The Bertz CT molecular complexity index is 718. The van der Waals surface area contributed by atoms with Crippen LogP contribution in [-0.4, -0.2) is 31.9 Å². The van der Waals surface area contributed by atoms with E-state index in [2.05, 4.69) is 30.1 Å². The summed E-state index contributed by atoms with van der Waals surface area (Å²) in [6, 6.07) is 0. The predicted molar refractivity (Wildman–Crippen MR) is 87.8 cm³/mol. The minimum Gasteiger partial charge on any atom is -0.350 e. The average Bonchev–Trinajstić information content (AvgIpc) is 3.21. The molecular weight excluding hydrogens is 310 g/mol. The van der Waals surface area contributed by atoms with Gasteiger partial charge in [0, 0.05) is 30.9 Å². The quantitative estimate of drug-likeness (QED) is 0.906. The van der Waals surface area contributed by atoms with Crippen molar-refractivity contribution in [2.75, 3.05) is 6.54 Å². The Labute approximate surface area is 139 Å². The van der Waals surface area contributed by atoms with Gasteiger partial charge in [-0.25, -0.2) is 9.97 Å². The summed E-state index contributed by atoms with van der Waals surface area (Å²) in [5.41, 5.74) is 2.25. The minimum atomic E-state index is 0.192. The van der Waals surface area contributed by atoms with E-state index in [1.54, 1.807) is 11.3 Å². The van der Waals surface area contributed by atoms with E-state index in [0.29, 0.717) is 6.54 Å². The van der Waals surface area contributed by atoms with E-state index in [1.165, 1.54) is 0 Å². The molecule has 2 aromatic heterocycles. The molecule has 6 nitrogen and oxygen atoms in total. The molecule has 2 aliphatic rings. The zero-order chi connectivity index (χ0) is 15.8. The molecule has 0 spiro atoms. The Kier molecular flexibility index (Phi) is 3.90. The van der Waals surface area contributed by atoms with Crippen LogP contribution in [0.2, 0.25) is 0 Å². The molecule has 0 saturated heterocycles. The van der Waals surface area contributed by atoms with E-state index < -0.39 is 0 Å². The normalized spacial score (nSPS) is 18.0. The fourth-order valence-electron chi connectivity index (χ4n) is 3.03. The molecule has 23 heavy (non-hydrogen) atoms. The van der Waals surface area contributed by atoms with Gasteiger partial charge in [0.2, 0.25) is 5.91 Å². The SMILES string of the molecule is Cc1nc(CN2CCn3c(CNC(=O)C4CC4)cnc3C2)cs1. The van der Waals surface area contributed by atoms with Gasteiger partial charge >= 0.3 is 0 Å². The average molecular weight is 331 g/mol. The van der Waals surface area contributed by atoms with E-state index in [9.17, 15) is 4.79 Å². The summed E-state index contributed by atoms with van der Waals surface area (Å²) in [5, 5.41) is 6.28. The van der Waals surface area contributed by atoms with Crippen molar-refractivity contribution < 1.29 is 4.79 Å². The molecule has 1 aliphatic carbocycles. The van der Waals surface area contributed by atoms with Gasteiger partial charge in [0.05, 0.1) is 35.7 Å². The molecule has 7 heteroatoms. The van der Waals surface area contributed by atoms with E-state index in [1.807, 2.05) is 13.1 Å². The first-order chi connectivity index (χ1) is 11.2. The van der Waals surface area contributed by atoms with Crippen LogP contribution < -0.4 is 5.32 Å². The minimum absolute atomic E-state index is 0.192. The van der Waals surface area contributed by atoms with Crippen molar-refractivity contribution in [3.63, 3.8) is 0 Å². The summed E-state index contributed by atoms with van der Waals surface area (Å²) >= 11 is 1.70. The van der Waals surface area contributed by atoms with Crippen LogP contribution in [0, 0.1) is 12.8 Å². The number of rotatable bonds is 5. The molecule has 122 valence electrons. The van der Waals surface area contributed by atoms with E-state index in [-0.39, 0.29) is 11.8 Å². The Balaban J connectivity index is 1.37. The van der Waals surface area contributed by atoms with Crippen molar-refractivity contribution >= 4 is 17.2 Å². The third-order valence-corrected chi connectivity index (χ3v) is 5.29. The maximum Gasteiger partial charge on any atom is 0.223 e. The van der Waals surface area contributed by atoms with Gasteiger partial charge in [0.1, 0.15) is 5.82 Å². The first kappa shape index (κ1) is 14.8. The summed E-state index contributed by atoms with van der Waals surface area (Å²) in [4.78, 5) is 23.2. The van der Waals surface area contributed by atoms with E-state index in [0.717, 1.165) is 61.2 Å². The number of fused-ring (bicyclic) bond motifs is 1. The Morgan fingerprint density at radius 2 is 2.30 bits per heavy atom. The summed E-state index contributed by atoms with van der Waals surface area (Å²) in [6.45, 7) is 6.27. The van der Waals surface area contributed by atoms with Crippen molar-refractivity contribution in [3.8, 4) is 0 Å². The molecule has 0 atom stereocenters. The monoisotopic (exact) mass is 331 g/mol. The second kappa shape index (κ2) is 6.05. The molecule has 1 N–H and O–H groups in total. The number of aryl methyl sites for hydroxylation is 1. The van der Waals surface area contributed by atoms with Crippen molar-refractivity contribution in [3.05, 3.63) is 33.8 Å². The fourth-order valence-corrected chi connectivity index (χ4v) is 3.63. The molecule has 0 radical (unpaired) electrons. The number of amides is 1. The summed E-state index contributed by atoms with van der Waals surface area (Å²) < 4.78 is 2.25. The Hall–Kier alpha value is -1.73. The van der Waals surface area contributed by atoms with E-state index >= 15 is 0 Å². The molecule has 3 heterocycles. The van der Waals surface area contributed by atoms with Gasteiger partial charge in [-0.15, -0.1) is 11.3 Å². The number of hydrogen-bond acceptors (Lipinski definition) is 5. The molecule has 4 rings (SSSR count). The number of carbonyl (C=O) groups excluding carboxylic acids is 1. The molecule has 1 aliphatic heterocycles. The third-order valence-electron chi connectivity index (χ3n) is 4.47. The van der Waals surface area contributed by atoms with Gasteiger partial charge in [-0.3, -0.25) is 9.69 Å². The first-order valence-electron chi connectivity index (χ1n) is 8.13. The molecule has 1 amide bonds. The molecular formula is C16H21N5OS. The van der Waals surface area contributed by atoms with Crippen LogP contribution in [0.3, 0.4) is 0 Å². The molecule has 1 saturated carbocycles. The van der Waals surface area contributed by atoms with Crippen LogP contribution in [0.25, 0.3) is 0 Å². The lowest BCUT2D eigenvalue weighted by Gasteiger charge is -2.27. The smallest absolute Gasteiger partial charge is 0.223 e. The van der Waals surface area contributed by atoms with Crippen molar-refractivity contribution in [1.29, 1.82) is 0 Å². The standard InChI is InChI=1S/C16H21N5OS/c1-11-19-13(10-23-11)8-20-4-5-21-14(6-17-15(21)9-20)7-18-16(22)12-2-3-12/h6,10,12H,2-5,7-9H2,1H3,(H,18,22). The highest BCUT2D eigenvalue weighted by Crippen LogP contribution is 2.28. The number of imidazole rings is 1. The Morgan fingerprint density at radius 3 is 3.04 bits per heavy atom. The largest absolute Gasteiger partial charge is 0.350 e. The Morgan fingerprint density at radius 1 is 1.43 bits per heavy atom. The van der Waals surface area contributed by atoms with Crippen LogP contribution in [-0.2, 0) is 31.0 Å². The van der Waals surface area contributed by atoms with Gasteiger partial charge in [0.15, 0.2) is 0 Å². The van der Waals surface area contributed by atoms with Crippen molar-refractivity contribution in [1.82, 2.24) is 24.8 Å². The van der Waals surface area contributed by atoms with Gasteiger partial charge in [-0.05, 0) is 19.8 Å². The molecule has 0 bridgehead atoms. The number of carbonyl (C=O) groups is 1. The zero-order valence-electron chi connectivity index (χ0n) is 13.3. The van der Waals surface area contributed by atoms with Crippen LogP contribution in [0.5, 0.6) is 0 Å². The number of aromatic nitrogens is 3. The van der Waals surface area contributed by atoms with Crippen LogP contribution in [0.15, 0.2) is 11.6 Å². The highest BCUT2D eigenvalue weighted by molar-refractivity contribution is 7.09. The molecule has 1 fully saturated rings. The summed E-state index contributed by atoms with van der Waals surface area (Å²) in [5.74, 6) is 1.53. The fraction of sp³-hybridized carbons (Fsp3) is 0.562. The number of hydrogen-bond donors (Lipinski definition) is 1. The predicted octanol–water partition coefficient (Wildman–Crippen LogP) is 1.69. The van der Waals surface area contributed by atoms with Crippen molar-refractivity contribution in [2.24, 2.45) is 5.92 Å². The van der Waals surface area contributed by atoms with Crippen molar-refractivity contribution in [2.45, 2.75) is 45.9 Å². The first-order valence-corrected chi connectivity index (χ1v) is 9.01. The summed E-state index contributed by atoms with van der Waals surface area (Å²) in [6.07, 6.45) is 3.99. The van der Waals surface area contributed by atoms with Crippen LogP contribution in [0.4, 0.5) is 0 Å². The number of nitrogens with zero attached hydrogens (tertiary/aromatic N) is 4. The number of nitrogens with one attached hydrogen (secondary N) is 1. The highest BCUT2D eigenvalue weighted by atomic mass is 32.1. The van der Waals surface area contributed by atoms with Crippen LogP contribution >= 0.6 is 11.3 Å². The lowest BCUT2D eigenvalue weighted by Crippen LogP contribution is -2.35. The molecule has 2 aromatic rings. The highest BCUT2D eigenvalue weighted by Gasteiger charge is 2.29. The van der Waals surface area contributed by atoms with Crippen LogP contribution in [0.1, 0.15) is 35.1 Å². The maximum absolute atomic E-state index is 11.8. The van der Waals surface area contributed by atoms with Gasteiger partial charge < -0.3 is 9.88 Å². The van der Waals surface area contributed by atoms with E-state index in [4.69, 9.17) is 0 Å². The van der Waals surface area contributed by atoms with Gasteiger partial charge in [0.25, 0.3) is 0 Å².